The summed E-state index contributed by atoms with van der Waals surface area (Å²) in [5.41, 5.74) is 2.74. The first-order valence-electron chi connectivity index (χ1n) is 4.25. The van der Waals surface area contributed by atoms with Crippen LogP contribution in [-0.2, 0) is 4.84 Å². The molecule has 0 spiro atoms. The van der Waals surface area contributed by atoms with Crippen molar-refractivity contribution in [1.29, 1.82) is 0 Å². The number of oxime groups is 1. The molecule has 0 fully saturated rings. The second-order valence-corrected chi connectivity index (χ2v) is 2.63. The Morgan fingerprint density at radius 1 is 1.15 bits per heavy atom. The lowest BCUT2D eigenvalue weighted by molar-refractivity contribution is 0.215. The van der Waals surface area contributed by atoms with E-state index in [1.54, 1.807) is 13.1 Å². The van der Waals surface area contributed by atoms with Crippen molar-refractivity contribution >= 4 is 6.21 Å². The molecule has 2 nitrogen and oxygen atoms in total. The van der Waals surface area contributed by atoms with Gasteiger partial charge in [-0.2, -0.15) is 0 Å². The second kappa shape index (κ2) is 7.35. The molecular formula is C11H17NO. The number of rotatable bonds is 1. The second-order valence-electron chi connectivity index (χ2n) is 2.63. The summed E-state index contributed by atoms with van der Waals surface area (Å²) in [5, 5.41) is 3.35. The van der Waals surface area contributed by atoms with Gasteiger partial charge >= 0.3 is 0 Å². The molecule has 0 saturated heterocycles. The van der Waals surface area contributed by atoms with E-state index >= 15 is 0 Å². The van der Waals surface area contributed by atoms with Gasteiger partial charge < -0.3 is 4.84 Å². The predicted octanol–water partition coefficient (Wildman–Crippen LogP) is 2.94. The van der Waals surface area contributed by atoms with E-state index in [-0.39, 0.29) is 0 Å². The van der Waals surface area contributed by atoms with Crippen molar-refractivity contribution in [2.75, 3.05) is 7.11 Å². The maximum absolute atomic E-state index is 4.26. The normalized spacial score (nSPS) is 9.23. The number of aryl methyl sites for hydroxylation is 2. The Balaban J connectivity index is 0.000000252. The van der Waals surface area contributed by atoms with Crippen LogP contribution in [0.2, 0.25) is 0 Å². The standard InChI is InChI=1S/C8H10.C3H7NO/c1-7-5-3-4-6-8(7)2;1-3-4-5-2/h3-6H,1-2H3;3H,1-2H3/b;4-3-. The van der Waals surface area contributed by atoms with Crippen molar-refractivity contribution in [2.45, 2.75) is 20.8 Å². The molecule has 0 heterocycles. The van der Waals surface area contributed by atoms with E-state index in [1.807, 2.05) is 0 Å². The van der Waals surface area contributed by atoms with Crippen molar-refractivity contribution in [1.82, 2.24) is 0 Å². The Bertz CT molecular complexity index is 235. The van der Waals surface area contributed by atoms with Gasteiger partial charge in [-0.15, -0.1) is 5.16 Å². The Hall–Kier alpha value is -1.31. The minimum atomic E-state index is 1.37. The van der Waals surface area contributed by atoms with E-state index in [0.717, 1.165) is 0 Å². The summed E-state index contributed by atoms with van der Waals surface area (Å²) < 4.78 is 0. The highest BCUT2D eigenvalue weighted by atomic mass is 16.6. The van der Waals surface area contributed by atoms with Crippen LogP contribution in [0.25, 0.3) is 0 Å². The van der Waals surface area contributed by atoms with E-state index in [1.165, 1.54) is 18.2 Å². The summed E-state index contributed by atoms with van der Waals surface area (Å²) in [5.74, 6) is 0. The van der Waals surface area contributed by atoms with Crippen LogP contribution in [-0.4, -0.2) is 13.3 Å². The molecule has 1 rings (SSSR count). The largest absolute Gasteiger partial charge is 0.399 e. The van der Waals surface area contributed by atoms with Gasteiger partial charge in [0.25, 0.3) is 0 Å². The molecule has 0 radical (unpaired) electrons. The molecule has 0 aliphatic heterocycles. The molecule has 0 unspecified atom stereocenters. The predicted molar refractivity (Wildman–Crippen MR) is 57.1 cm³/mol. The minimum absolute atomic E-state index is 1.37. The summed E-state index contributed by atoms with van der Waals surface area (Å²) in [7, 11) is 1.51. The highest BCUT2D eigenvalue weighted by Gasteiger charge is 1.83. The van der Waals surface area contributed by atoms with Crippen LogP contribution < -0.4 is 0 Å². The third kappa shape index (κ3) is 5.91. The molecule has 0 saturated carbocycles. The molecule has 0 amide bonds. The lowest BCUT2D eigenvalue weighted by Gasteiger charge is -1.93. The fourth-order valence-corrected chi connectivity index (χ4v) is 0.768. The monoisotopic (exact) mass is 179 g/mol. The smallest absolute Gasteiger partial charge is 0.106 e. The van der Waals surface area contributed by atoms with E-state index in [9.17, 15) is 0 Å². The third-order valence-corrected chi connectivity index (χ3v) is 1.64. The van der Waals surface area contributed by atoms with Crippen LogP contribution in [0, 0.1) is 13.8 Å². The maximum Gasteiger partial charge on any atom is 0.106 e. The topological polar surface area (TPSA) is 21.6 Å². The van der Waals surface area contributed by atoms with Crippen molar-refractivity contribution < 1.29 is 4.84 Å². The van der Waals surface area contributed by atoms with Gasteiger partial charge in [-0.05, 0) is 31.9 Å². The van der Waals surface area contributed by atoms with Gasteiger partial charge in [0.15, 0.2) is 0 Å². The molecule has 1 aromatic rings. The Morgan fingerprint density at radius 2 is 1.62 bits per heavy atom. The quantitative estimate of drug-likeness (QED) is 0.480. The number of hydrogen-bond donors (Lipinski definition) is 0. The Kier molecular flexibility index (Phi) is 6.60. The molecule has 0 bridgehead atoms. The Morgan fingerprint density at radius 3 is 1.77 bits per heavy atom. The van der Waals surface area contributed by atoms with Gasteiger partial charge in [0.1, 0.15) is 7.11 Å². The molecule has 13 heavy (non-hydrogen) atoms. The van der Waals surface area contributed by atoms with Crippen molar-refractivity contribution in [3.63, 3.8) is 0 Å². The molecule has 0 aliphatic carbocycles. The van der Waals surface area contributed by atoms with Gasteiger partial charge in [0.2, 0.25) is 0 Å². The first-order chi connectivity index (χ1) is 6.22. The van der Waals surface area contributed by atoms with Crippen LogP contribution in [0.5, 0.6) is 0 Å². The first kappa shape index (κ1) is 11.7. The molecule has 0 atom stereocenters. The van der Waals surface area contributed by atoms with Crippen molar-refractivity contribution in [3.8, 4) is 0 Å². The fourth-order valence-electron chi connectivity index (χ4n) is 0.768. The number of hydrogen-bond acceptors (Lipinski definition) is 2. The van der Waals surface area contributed by atoms with Crippen LogP contribution in [0.3, 0.4) is 0 Å². The highest BCUT2D eigenvalue weighted by molar-refractivity contribution is 5.52. The highest BCUT2D eigenvalue weighted by Crippen LogP contribution is 2.02. The molecule has 2 heteroatoms. The summed E-state index contributed by atoms with van der Waals surface area (Å²) >= 11 is 0. The van der Waals surface area contributed by atoms with Crippen LogP contribution in [0.15, 0.2) is 29.4 Å². The average molecular weight is 179 g/mol. The van der Waals surface area contributed by atoms with Gasteiger partial charge in [-0.25, -0.2) is 0 Å². The Labute approximate surface area is 80.2 Å². The number of nitrogens with zero attached hydrogens (tertiary/aromatic N) is 1. The molecule has 72 valence electrons. The number of benzene rings is 1. The lowest BCUT2D eigenvalue weighted by Crippen LogP contribution is -1.74. The summed E-state index contributed by atoms with van der Waals surface area (Å²) in [6, 6.07) is 8.36. The van der Waals surface area contributed by atoms with E-state index in [2.05, 4.69) is 48.1 Å². The summed E-state index contributed by atoms with van der Waals surface area (Å²) in [4.78, 5) is 4.26. The lowest BCUT2D eigenvalue weighted by atomic mass is 10.1. The van der Waals surface area contributed by atoms with E-state index < -0.39 is 0 Å². The zero-order valence-corrected chi connectivity index (χ0v) is 8.74. The van der Waals surface area contributed by atoms with Gasteiger partial charge in [-0.1, -0.05) is 24.3 Å². The van der Waals surface area contributed by atoms with Crippen LogP contribution >= 0.6 is 0 Å². The maximum atomic E-state index is 4.26. The minimum Gasteiger partial charge on any atom is -0.399 e. The average Bonchev–Trinajstić information content (AvgIpc) is 2.13. The van der Waals surface area contributed by atoms with E-state index in [4.69, 9.17) is 0 Å². The summed E-state index contributed by atoms with van der Waals surface area (Å²) in [6.07, 6.45) is 1.58. The fraction of sp³-hybridized carbons (Fsp3) is 0.364. The summed E-state index contributed by atoms with van der Waals surface area (Å²) in [6.45, 7) is 6.04. The molecule has 0 aromatic heterocycles. The van der Waals surface area contributed by atoms with Crippen molar-refractivity contribution in [2.24, 2.45) is 5.16 Å². The molecule has 0 aliphatic rings. The molecular weight excluding hydrogens is 162 g/mol. The van der Waals surface area contributed by atoms with Gasteiger partial charge in [0.05, 0.1) is 0 Å². The van der Waals surface area contributed by atoms with Gasteiger partial charge in [0, 0.05) is 6.21 Å². The SMILES string of the molecule is C/C=N\OC.Cc1ccccc1C. The van der Waals surface area contributed by atoms with Crippen LogP contribution in [0.4, 0.5) is 0 Å². The first-order valence-corrected chi connectivity index (χ1v) is 4.25. The van der Waals surface area contributed by atoms with Crippen molar-refractivity contribution in [3.05, 3.63) is 35.4 Å². The van der Waals surface area contributed by atoms with E-state index in [0.29, 0.717) is 0 Å². The zero-order valence-electron chi connectivity index (χ0n) is 8.74. The zero-order chi connectivity index (χ0) is 10.1. The van der Waals surface area contributed by atoms with Crippen LogP contribution in [0.1, 0.15) is 18.1 Å². The van der Waals surface area contributed by atoms with Gasteiger partial charge in [-0.3, -0.25) is 0 Å². The molecule has 1 aromatic carbocycles. The molecule has 0 N–H and O–H groups in total. The third-order valence-electron chi connectivity index (χ3n) is 1.64.